The van der Waals surface area contributed by atoms with E-state index in [1.165, 1.54) is 6.07 Å². The smallest absolute Gasteiger partial charge is 0.222 e. The van der Waals surface area contributed by atoms with E-state index in [2.05, 4.69) is 4.90 Å². The molecule has 0 saturated heterocycles. The van der Waals surface area contributed by atoms with Crippen LogP contribution in [0.2, 0.25) is 0 Å². The van der Waals surface area contributed by atoms with Crippen LogP contribution in [0.25, 0.3) is 11.3 Å². The van der Waals surface area contributed by atoms with Gasteiger partial charge in [0.15, 0.2) is 11.6 Å². The van der Waals surface area contributed by atoms with Crippen LogP contribution in [-0.2, 0) is 18.3 Å². The summed E-state index contributed by atoms with van der Waals surface area (Å²) in [5.74, 6) is 0.225. The molecule has 1 aliphatic carbocycles. The molecule has 0 bridgehead atoms. The van der Waals surface area contributed by atoms with Gasteiger partial charge in [-0.3, -0.25) is 4.90 Å². The van der Waals surface area contributed by atoms with Crippen LogP contribution in [0.5, 0.6) is 11.6 Å². The first-order valence-electron chi connectivity index (χ1n) is 11.8. The van der Waals surface area contributed by atoms with Gasteiger partial charge in [-0.05, 0) is 45.7 Å². The molecule has 182 valence electrons. The van der Waals surface area contributed by atoms with E-state index in [4.69, 9.17) is 14.6 Å². The molecule has 7 heteroatoms. The Balaban J connectivity index is 1.64. The fourth-order valence-electron chi connectivity index (χ4n) is 3.94. The topological polar surface area (TPSA) is 59.8 Å². The molecule has 34 heavy (non-hydrogen) atoms. The van der Waals surface area contributed by atoms with E-state index >= 15 is 0 Å². The molecule has 0 aliphatic heterocycles. The lowest BCUT2D eigenvalue weighted by molar-refractivity contribution is -0.0572. The van der Waals surface area contributed by atoms with Crippen molar-refractivity contribution in [3.8, 4) is 22.9 Å². The first-order valence-corrected chi connectivity index (χ1v) is 11.8. The summed E-state index contributed by atoms with van der Waals surface area (Å²) in [5, 5.41) is 15.4. The number of halogens is 1. The van der Waals surface area contributed by atoms with E-state index in [1.54, 1.807) is 29.9 Å². The van der Waals surface area contributed by atoms with Gasteiger partial charge in [0.2, 0.25) is 5.88 Å². The number of hydrogen-bond donors (Lipinski definition) is 1. The number of aliphatic hydroxyl groups excluding tert-OH is 1. The van der Waals surface area contributed by atoms with Crippen molar-refractivity contribution in [2.24, 2.45) is 7.05 Å². The molecule has 3 aromatic rings. The maximum Gasteiger partial charge on any atom is 0.222 e. The van der Waals surface area contributed by atoms with Gasteiger partial charge < -0.3 is 14.6 Å². The van der Waals surface area contributed by atoms with Gasteiger partial charge in [0.1, 0.15) is 5.69 Å². The number of nitrogens with zero attached hydrogens (tertiary/aromatic N) is 3. The summed E-state index contributed by atoms with van der Waals surface area (Å²) >= 11 is 0. The van der Waals surface area contributed by atoms with E-state index < -0.39 is 11.9 Å². The third kappa shape index (κ3) is 6.23. The zero-order chi connectivity index (χ0) is 24.3. The minimum atomic E-state index is -0.618. The summed E-state index contributed by atoms with van der Waals surface area (Å²) in [7, 11) is 1.81. The lowest BCUT2D eigenvalue weighted by atomic mass is 10.1. The highest BCUT2D eigenvalue weighted by atomic mass is 19.1. The second-order valence-electron chi connectivity index (χ2n) is 9.89. The van der Waals surface area contributed by atoms with Gasteiger partial charge in [0, 0.05) is 31.7 Å². The lowest BCUT2D eigenvalue weighted by Gasteiger charge is -2.27. The zero-order valence-corrected chi connectivity index (χ0v) is 20.4. The zero-order valence-electron chi connectivity index (χ0n) is 20.4. The number of aromatic nitrogens is 2. The van der Waals surface area contributed by atoms with Crippen LogP contribution in [0.3, 0.4) is 0 Å². The Kier molecular flexibility index (Phi) is 7.36. The lowest BCUT2D eigenvalue weighted by Crippen LogP contribution is -2.38. The fourth-order valence-corrected chi connectivity index (χ4v) is 3.94. The highest BCUT2D eigenvalue weighted by Crippen LogP contribution is 2.37. The molecule has 6 nitrogen and oxygen atoms in total. The van der Waals surface area contributed by atoms with Crippen molar-refractivity contribution < 1.29 is 19.0 Å². The van der Waals surface area contributed by atoms with Crippen LogP contribution < -0.4 is 4.74 Å². The Bertz CT molecular complexity index is 1090. The van der Waals surface area contributed by atoms with E-state index in [-0.39, 0.29) is 18.0 Å². The Labute approximate surface area is 200 Å². The highest BCUT2D eigenvalue weighted by molar-refractivity contribution is 5.65. The number of aryl methyl sites for hydroxylation is 1. The summed E-state index contributed by atoms with van der Waals surface area (Å²) in [6.07, 6.45) is 1.54. The molecule has 0 spiro atoms. The monoisotopic (exact) mass is 467 g/mol. The van der Waals surface area contributed by atoms with Crippen LogP contribution >= 0.6 is 0 Å². The highest BCUT2D eigenvalue weighted by Gasteiger charge is 2.33. The Morgan fingerprint density at radius 2 is 1.79 bits per heavy atom. The molecule has 1 heterocycles. The summed E-state index contributed by atoms with van der Waals surface area (Å²) < 4.78 is 28.0. The van der Waals surface area contributed by atoms with E-state index in [0.717, 1.165) is 29.7 Å². The predicted molar refractivity (Wildman–Crippen MR) is 130 cm³/mol. The minimum Gasteiger partial charge on any atom is -0.436 e. The molecule has 1 saturated carbocycles. The first-order chi connectivity index (χ1) is 16.2. The van der Waals surface area contributed by atoms with Gasteiger partial charge in [-0.25, -0.2) is 9.07 Å². The molecule has 1 aliphatic rings. The summed E-state index contributed by atoms with van der Waals surface area (Å²) in [6, 6.07) is 16.7. The van der Waals surface area contributed by atoms with E-state index in [9.17, 15) is 9.50 Å². The van der Waals surface area contributed by atoms with E-state index in [0.29, 0.717) is 25.0 Å². The largest absolute Gasteiger partial charge is 0.436 e. The van der Waals surface area contributed by atoms with Crippen LogP contribution in [0, 0.1) is 5.82 Å². The molecular weight excluding hydrogens is 433 g/mol. The minimum absolute atomic E-state index is 0.156. The van der Waals surface area contributed by atoms with Gasteiger partial charge in [0.25, 0.3) is 0 Å². The number of para-hydroxylation sites is 1. The van der Waals surface area contributed by atoms with Gasteiger partial charge >= 0.3 is 0 Å². The predicted octanol–water partition coefficient (Wildman–Crippen LogP) is 5.16. The van der Waals surface area contributed by atoms with Crippen molar-refractivity contribution in [3.63, 3.8) is 0 Å². The molecular formula is C27H34FN3O3. The molecule has 1 atom stereocenters. The Hall–Kier alpha value is -2.74. The molecule has 4 rings (SSSR count). The van der Waals surface area contributed by atoms with Crippen LogP contribution in [0.4, 0.5) is 4.39 Å². The molecule has 1 fully saturated rings. The average Bonchev–Trinajstić information content (AvgIpc) is 3.60. The summed E-state index contributed by atoms with van der Waals surface area (Å²) in [5.41, 5.74) is 2.31. The van der Waals surface area contributed by atoms with Crippen molar-refractivity contribution in [2.45, 2.75) is 57.9 Å². The van der Waals surface area contributed by atoms with Crippen molar-refractivity contribution in [3.05, 3.63) is 66.0 Å². The van der Waals surface area contributed by atoms with Gasteiger partial charge in [-0.15, -0.1) is 0 Å². The first kappa shape index (κ1) is 24.4. The number of benzene rings is 2. The number of hydrogen-bond acceptors (Lipinski definition) is 5. The standard InChI is InChI=1S/C27H34FN3O3/c1-27(2,3)33-18-21(32)16-31(20-14-15-20)17-22-25(19-10-6-5-7-11-19)29-30(4)26(22)34-24-13-9-8-12-23(24)28/h5-13,20-21,32H,14-18H2,1-4H3/t21-/m0/s1. The Morgan fingerprint density at radius 3 is 2.44 bits per heavy atom. The van der Waals surface area contributed by atoms with Crippen molar-refractivity contribution in [2.75, 3.05) is 13.2 Å². The number of ether oxygens (including phenoxy) is 2. The quantitative estimate of drug-likeness (QED) is 0.446. The maximum atomic E-state index is 14.4. The Morgan fingerprint density at radius 1 is 1.12 bits per heavy atom. The van der Waals surface area contributed by atoms with Gasteiger partial charge in [0.05, 0.1) is 23.9 Å². The molecule has 0 radical (unpaired) electrons. The van der Waals surface area contributed by atoms with Crippen molar-refractivity contribution in [1.82, 2.24) is 14.7 Å². The van der Waals surface area contributed by atoms with Crippen molar-refractivity contribution >= 4 is 0 Å². The molecule has 0 amide bonds. The average molecular weight is 468 g/mol. The molecule has 1 N–H and O–H groups in total. The van der Waals surface area contributed by atoms with Crippen molar-refractivity contribution in [1.29, 1.82) is 0 Å². The van der Waals surface area contributed by atoms with Crippen LogP contribution in [-0.4, -0.2) is 50.7 Å². The van der Waals surface area contributed by atoms with Gasteiger partial charge in [-0.2, -0.15) is 5.10 Å². The third-order valence-electron chi connectivity index (χ3n) is 5.76. The van der Waals surface area contributed by atoms with Crippen LogP contribution in [0.1, 0.15) is 39.2 Å². The molecule has 0 unspecified atom stereocenters. The third-order valence-corrected chi connectivity index (χ3v) is 5.76. The normalized spacial score (nSPS) is 15.0. The number of rotatable bonds is 10. The second-order valence-corrected chi connectivity index (χ2v) is 9.89. The van der Waals surface area contributed by atoms with Crippen LogP contribution in [0.15, 0.2) is 54.6 Å². The summed E-state index contributed by atoms with van der Waals surface area (Å²) in [6.45, 7) is 7.21. The fraction of sp³-hybridized carbons (Fsp3) is 0.444. The molecule has 2 aromatic carbocycles. The maximum absolute atomic E-state index is 14.4. The summed E-state index contributed by atoms with van der Waals surface area (Å²) in [4.78, 5) is 2.26. The SMILES string of the molecule is Cn1nc(-c2ccccc2)c(CN(C[C@H](O)COC(C)(C)C)C2CC2)c1Oc1ccccc1F. The number of aliphatic hydroxyl groups is 1. The second kappa shape index (κ2) is 10.3. The van der Waals surface area contributed by atoms with Gasteiger partial charge in [-0.1, -0.05) is 42.5 Å². The molecule has 1 aromatic heterocycles. The van der Waals surface area contributed by atoms with E-state index in [1.807, 2.05) is 51.1 Å².